The second-order valence-electron chi connectivity index (χ2n) is 7.13. The second kappa shape index (κ2) is 8.66. The summed E-state index contributed by atoms with van der Waals surface area (Å²) >= 11 is 0. The van der Waals surface area contributed by atoms with Gasteiger partial charge in [0.2, 0.25) is 5.91 Å². The molecule has 0 spiro atoms. The number of H-pyrrole nitrogens is 1. The van der Waals surface area contributed by atoms with Gasteiger partial charge in [0.25, 0.3) is 5.56 Å². The molecule has 156 valence electrons. The Labute approximate surface area is 177 Å². The number of carbonyl (C=O) groups excluding carboxylic acids is 1. The van der Waals surface area contributed by atoms with Crippen LogP contribution in [0.2, 0.25) is 0 Å². The Balaban J connectivity index is 1.50. The largest absolute Gasteiger partial charge is 0.480 e. The molecule has 1 amide bonds. The number of nitrogens with one attached hydrogen (secondary N) is 2. The van der Waals surface area contributed by atoms with Crippen molar-refractivity contribution in [3.05, 3.63) is 89.1 Å². The molecule has 0 saturated carbocycles. The van der Waals surface area contributed by atoms with E-state index in [1.165, 1.54) is 10.8 Å². The maximum Gasteiger partial charge on any atom is 0.326 e. The molecule has 2 aromatic heterocycles. The van der Waals surface area contributed by atoms with E-state index in [9.17, 15) is 19.5 Å². The number of fused-ring (bicyclic) bond motifs is 1. The highest BCUT2D eigenvalue weighted by molar-refractivity contribution is 5.86. The van der Waals surface area contributed by atoms with Crippen LogP contribution in [0, 0.1) is 0 Å². The number of hydrogen-bond acceptors (Lipinski definition) is 4. The molecule has 0 aliphatic carbocycles. The molecule has 4 rings (SSSR count). The summed E-state index contributed by atoms with van der Waals surface area (Å²) in [4.78, 5) is 43.7. The highest BCUT2D eigenvalue weighted by atomic mass is 16.4. The predicted molar refractivity (Wildman–Crippen MR) is 116 cm³/mol. The fraction of sp³-hybridized carbons (Fsp3) is 0.130. The van der Waals surface area contributed by atoms with E-state index >= 15 is 0 Å². The Kier molecular flexibility index (Phi) is 5.61. The number of benzene rings is 2. The average molecular weight is 416 g/mol. The third-order valence-electron chi connectivity index (χ3n) is 4.99. The summed E-state index contributed by atoms with van der Waals surface area (Å²) in [5.41, 5.74) is 2.58. The highest BCUT2D eigenvalue weighted by Crippen LogP contribution is 2.19. The topological polar surface area (TPSA) is 117 Å². The fourth-order valence-electron chi connectivity index (χ4n) is 3.44. The third kappa shape index (κ3) is 4.53. The predicted octanol–water partition coefficient (Wildman–Crippen LogP) is 2.20. The zero-order valence-corrected chi connectivity index (χ0v) is 16.5. The van der Waals surface area contributed by atoms with Crippen LogP contribution < -0.4 is 10.9 Å². The molecule has 0 aliphatic rings. The molecule has 0 unspecified atom stereocenters. The van der Waals surface area contributed by atoms with Crippen molar-refractivity contribution >= 4 is 22.8 Å². The monoisotopic (exact) mass is 416 g/mol. The summed E-state index contributed by atoms with van der Waals surface area (Å²) in [5.74, 6) is -1.72. The van der Waals surface area contributed by atoms with Crippen molar-refractivity contribution in [1.82, 2.24) is 19.9 Å². The quantitative estimate of drug-likeness (QED) is 0.427. The average Bonchev–Trinajstić information content (AvgIpc) is 3.18. The Hall–Kier alpha value is -4.20. The zero-order valence-electron chi connectivity index (χ0n) is 16.5. The third-order valence-corrected chi connectivity index (χ3v) is 4.99. The lowest BCUT2D eigenvalue weighted by atomic mass is 10.0. The molecular formula is C23H20N4O4. The maximum atomic E-state index is 12.6. The van der Waals surface area contributed by atoms with Gasteiger partial charge < -0.3 is 20.0 Å². The van der Waals surface area contributed by atoms with Gasteiger partial charge in [-0.1, -0.05) is 48.5 Å². The highest BCUT2D eigenvalue weighted by Gasteiger charge is 2.22. The molecular weight excluding hydrogens is 396 g/mol. The van der Waals surface area contributed by atoms with Gasteiger partial charge in [0.1, 0.15) is 12.6 Å². The second-order valence-corrected chi connectivity index (χ2v) is 7.13. The van der Waals surface area contributed by atoms with E-state index in [0.29, 0.717) is 5.69 Å². The summed E-state index contributed by atoms with van der Waals surface area (Å²) in [6.07, 6.45) is 4.50. The number of carbonyl (C=O) groups is 2. The van der Waals surface area contributed by atoms with Crippen molar-refractivity contribution < 1.29 is 14.7 Å². The lowest BCUT2D eigenvalue weighted by molar-refractivity contribution is -0.141. The molecule has 4 aromatic rings. The van der Waals surface area contributed by atoms with E-state index < -0.39 is 23.5 Å². The standard InChI is InChI=1S/C23H20N4O4/c28-21(14-27-13-20(25-12-22(27)29)15-6-2-1-3-7-15)26-19(23(30)31)10-16-11-24-18-9-5-4-8-17(16)18/h1-9,11-13,19,24H,10,14H2,(H,26,28)(H,30,31)/t19-/m0/s1. The van der Waals surface area contributed by atoms with Crippen molar-refractivity contribution in [3.63, 3.8) is 0 Å². The van der Waals surface area contributed by atoms with Crippen LogP contribution in [0.25, 0.3) is 22.2 Å². The lowest BCUT2D eigenvalue weighted by Crippen LogP contribution is -2.44. The Morgan fingerprint density at radius 2 is 1.84 bits per heavy atom. The Bertz CT molecular complexity index is 1290. The SMILES string of the molecule is O=C(Cn1cc(-c2ccccc2)ncc1=O)N[C@@H](Cc1c[nH]c2ccccc12)C(=O)O. The van der Waals surface area contributed by atoms with Gasteiger partial charge in [-0.15, -0.1) is 0 Å². The maximum absolute atomic E-state index is 12.6. The number of aliphatic carboxylic acids is 1. The number of aromatic amines is 1. The molecule has 3 N–H and O–H groups in total. The first kappa shape index (κ1) is 20.1. The first-order valence-corrected chi connectivity index (χ1v) is 9.70. The molecule has 0 saturated heterocycles. The van der Waals surface area contributed by atoms with Crippen molar-refractivity contribution in [2.75, 3.05) is 0 Å². The van der Waals surface area contributed by atoms with Crippen molar-refractivity contribution in [3.8, 4) is 11.3 Å². The Morgan fingerprint density at radius 3 is 2.61 bits per heavy atom. The van der Waals surface area contributed by atoms with Gasteiger partial charge in [-0.3, -0.25) is 9.59 Å². The molecule has 1 atom stereocenters. The van der Waals surface area contributed by atoms with Crippen LogP contribution in [0.4, 0.5) is 0 Å². The van der Waals surface area contributed by atoms with Crippen LogP contribution in [-0.2, 0) is 22.6 Å². The lowest BCUT2D eigenvalue weighted by Gasteiger charge is -2.15. The van der Waals surface area contributed by atoms with Crippen LogP contribution in [0.5, 0.6) is 0 Å². The normalized spacial score (nSPS) is 11.9. The van der Waals surface area contributed by atoms with Crippen molar-refractivity contribution in [2.24, 2.45) is 0 Å². The number of hydrogen-bond donors (Lipinski definition) is 3. The number of carboxylic acid groups (broad SMARTS) is 1. The fourth-order valence-corrected chi connectivity index (χ4v) is 3.44. The van der Waals surface area contributed by atoms with Gasteiger partial charge in [0, 0.05) is 35.3 Å². The van der Waals surface area contributed by atoms with Crippen LogP contribution in [0.3, 0.4) is 0 Å². The van der Waals surface area contributed by atoms with Crippen molar-refractivity contribution in [2.45, 2.75) is 19.0 Å². The summed E-state index contributed by atoms with van der Waals surface area (Å²) in [7, 11) is 0. The van der Waals surface area contributed by atoms with Crippen LogP contribution >= 0.6 is 0 Å². The summed E-state index contributed by atoms with van der Waals surface area (Å²) in [5, 5.41) is 13.0. The first-order chi connectivity index (χ1) is 15.0. The molecule has 2 heterocycles. The van der Waals surface area contributed by atoms with E-state index in [4.69, 9.17) is 0 Å². The molecule has 0 bridgehead atoms. The smallest absolute Gasteiger partial charge is 0.326 e. The molecule has 2 aromatic carbocycles. The van der Waals surface area contributed by atoms with Crippen LogP contribution in [0.15, 0.2) is 78.0 Å². The molecule has 0 aliphatic heterocycles. The summed E-state index contributed by atoms with van der Waals surface area (Å²) in [6, 6.07) is 15.7. The molecule has 8 nitrogen and oxygen atoms in total. The number of carboxylic acids is 1. The minimum absolute atomic E-state index is 0.117. The minimum atomic E-state index is -1.15. The van der Waals surface area contributed by atoms with Gasteiger partial charge in [-0.2, -0.15) is 0 Å². The molecule has 31 heavy (non-hydrogen) atoms. The molecule has 0 radical (unpaired) electrons. The van der Waals surface area contributed by atoms with Gasteiger partial charge in [-0.25, -0.2) is 9.78 Å². The van der Waals surface area contributed by atoms with Crippen molar-refractivity contribution in [1.29, 1.82) is 0 Å². The minimum Gasteiger partial charge on any atom is -0.480 e. The summed E-state index contributed by atoms with van der Waals surface area (Å²) in [6.45, 7) is -0.307. The molecule has 8 heteroatoms. The zero-order chi connectivity index (χ0) is 21.8. The van der Waals surface area contributed by atoms with Gasteiger partial charge >= 0.3 is 5.97 Å². The van der Waals surface area contributed by atoms with E-state index in [-0.39, 0.29) is 13.0 Å². The van der Waals surface area contributed by atoms with Gasteiger partial charge in [-0.05, 0) is 11.6 Å². The van der Waals surface area contributed by atoms with Crippen LogP contribution in [0.1, 0.15) is 5.56 Å². The number of para-hydroxylation sites is 1. The van der Waals surface area contributed by atoms with Crippen LogP contribution in [-0.4, -0.2) is 37.6 Å². The summed E-state index contributed by atoms with van der Waals surface area (Å²) < 4.78 is 1.22. The first-order valence-electron chi connectivity index (χ1n) is 9.70. The number of aromatic nitrogens is 3. The Morgan fingerprint density at radius 1 is 1.10 bits per heavy atom. The van der Waals surface area contributed by atoms with E-state index in [1.807, 2.05) is 54.6 Å². The van der Waals surface area contributed by atoms with E-state index in [1.54, 1.807) is 6.20 Å². The number of nitrogens with zero attached hydrogens (tertiary/aromatic N) is 2. The molecule has 0 fully saturated rings. The van der Waals surface area contributed by atoms with E-state index in [2.05, 4.69) is 15.3 Å². The van der Waals surface area contributed by atoms with Gasteiger partial charge in [0.15, 0.2) is 0 Å². The van der Waals surface area contributed by atoms with Gasteiger partial charge in [0.05, 0.1) is 11.9 Å². The van der Waals surface area contributed by atoms with E-state index in [0.717, 1.165) is 28.2 Å². The number of amides is 1. The number of rotatable bonds is 7.